The van der Waals surface area contributed by atoms with E-state index >= 15 is 0 Å². The molecule has 5 nitrogen and oxygen atoms in total. The zero-order valence-corrected chi connectivity index (χ0v) is 15.1. The van der Waals surface area contributed by atoms with Gasteiger partial charge in [0.1, 0.15) is 12.4 Å². The van der Waals surface area contributed by atoms with E-state index in [-0.39, 0.29) is 5.91 Å². The average Bonchev–Trinajstić information content (AvgIpc) is 2.71. The van der Waals surface area contributed by atoms with E-state index in [1.54, 1.807) is 0 Å². The number of rotatable bonds is 8. The van der Waals surface area contributed by atoms with Crippen molar-refractivity contribution in [1.29, 1.82) is 0 Å². The van der Waals surface area contributed by atoms with Gasteiger partial charge in [0.2, 0.25) is 0 Å². The summed E-state index contributed by atoms with van der Waals surface area (Å²) in [6.07, 6.45) is 0.967. The molecular formula is C21H27N3O2. The third-order valence-electron chi connectivity index (χ3n) is 4.55. The summed E-state index contributed by atoms with van der Waals surface area (Å²) in [6.45, 7) is 6.40. The Bertz CT molecular complexity index is 685. The Hall–Kier alpha value is -2.37. The van der Waals surface area contributed by atoms with Gasteiger partial charge in [-0.15, -0.1) is 0 Å². The summed E-state index contributed by atoms with van der Waals surface area (Å²) in [5.41, 5.74) is 1.58. The predicted molar refractivity (Wildman–Crippen MR) is 103 cm³/mol. The number of amides is 1. The summed E-state index contributed by atoms with van der Waals surface area (Å²) in [7, 11) is 0. The molecule has 0 radical (unpaired) electrons. The van der Waals surface area contributed by atoms with E-state index in [4.69, 9.17) is 4.74 Å². The van der Waals surface area contributed by atoms with Crippen LogP contribution in [0.5, 0.6) is 5.75 Å². The van der Waals surface area contributed by atoms with Gasteiger partial charge in [0, 0.05) is 43.9 Å². The van der Waals surface area contributed by atoms with Gasteiger partial charge in [0.15, 0.2) is 0 Å². The van der Waals surface area contributed by atoms with E-state index in [2.05, 4.69) is 15.5 Å². The van der Waals surface area contributed by atoms with Gasteiger partial charge in [-0.3, -0.25) is 4.79 Å². The molecule has 0 spiro atoms. The number of para-hydroxylation sites is 1. The molecule has 0 aromatic heterocycles. The van der Waals surface area contributed by atoms with Crippen LogP contribution < -0.4 is 15.4 Å². The molecule has 1 heterocycles. The highest BCUT2D eigenvalue weighted by Crippen LogP contribution is 2.14. The van der Waals surface area contributed by atoms with Crippen LogP contribution in [0.25, 0.3) is 0 Å². The second kappa shape index (κ2) is 9.94. The Balaban J connectivity index is 1.47. The summed E-state index contributed by atoms with van der Waals surface area (Å²) < 4.78 is 5.80. The molecule has 1 fully saturated rings. The largest absolute Gasteiger partial charge is 0.489 e. The first-order valence-electron chi connectivity index (χ1n) is 9.30. The minimum Gasteiger partial charge on any atom is -0.489 e. The number of piperazine rings is 1. The molecular weight excluding hydrogens is 326 g/mol. The molecule has 2 aromatic rings. The van der Waals surface area contributed by atoms with Crippen LogP contribution in [0.1, 0.15) is 22.3 Å². The molecule has 0 saturated carbocycles. The maximum absolute atomic E-state index is 12.5. The van der Waals surface area contributed by atoms with Crippen molar-refractivity contribution in [2.24, 2.45) is 0 Å². The van der Waals surface area contributed by atoms with Crippen molar-refractivity contribution in [3.05, 3.63) is 65.7 Å². The first-order chi connectivity index (χ1) is 12.8. The Morgan fingerprint density at radius 3 is 2.58 bits per heavy atom. The van der Waals surface area contributed by atoms with Crippen LogP contribution in [-0.2, 0) is 6.61 Å². The van der Waals surface area contributed by atoms with Gasteiger partial charge < -0.3 is 20.3 Å². The van der Waals surface area contributed by atoms with Gasteiger partial charge in [-0.05, 0) is 31.2 Å². The van der Waals surface area contributed by atoms with Crippen LogP contribution in [0.3, 0.4) is 0 Å². The van der Waals surface area contributed by atoms with Crippen LogP contribution >= 0.6 is 0 Å². The lowest BCUT2D eigenvalue weighted by Gasteiger charge is -2.27. The van der Waals surface area contributed by atoms with Crippen molar-refractivity contribution in [2.75, 3.05) is 39.3 Å². The highest BCUT2D eigenvalue weighted by atomic mass is 16.5. The number of hydrogen-bond acceptors (Lipinski definition) is 4. The van der Waals surface area contributed by atoms with Crippen molar-refractivity contribution in [3.63, 3.8) is 0 Å². The first-order valence-corrected chi connectivity index (χ1v) is 9.30. The van der Waals surface area contributed by atoms with Gasteiger partial charge >= 0.3 is 0 Å². The molecule has 2 N–H and O–H groups in total. The van der Waals surface area contributed by atoms with Gasteiger partial charge in [-0.25, -0.2) is 0 Å². The highest BCUT2D eigenvalue weighted by molar-refractivity contribution is 5.95. The number of carbonyl (C=O) groups excluding carboxylic acids is 1. The van der Waals surface area contributed by atoms with Crippen LogP contribution in [-0.4, -0.2) is 50.1 Å². The molecule has 138 valence electrons. The lowest BCUT2D eigenvalue weighted by atomic mass is 10.1. The van der Waals surface area contributed by atoms with Crippen LogP contribution in [0, 0.1) is 0 Å². The number of benzene rings is 2. The van der Waals surface area contributed by atoms with Crippen LogP contribution in [0.15, 0.2) is 54.6 Å². The molecule has 1 amide bonds. The summed E-state index contributed by atoms with van der Waals surface area (Å²) in [5, 5.41) is 6.39. The molecule has 0 unspecified atom stereocenters. The Labute approximate surface area is 155 Å². The molecule has 0 bridgehead atoms. The normalized spacial score (nSPS) is 14.8. The number of carbonyl (C=O) groups is 1. The zero-order valence-electron chi connectivity index (χ0n) is 15.1. The molecule has 3 rings (SSSR count). The monoisotopic (exact) mass is 353 g/mol. The number of nitrogens with zero attached hydrogens (tertiary/aromatic N) is 1. The fourth-order valence-corrected chi connectivity index (χ4v) is 3.08. The smallest absolute Gasteiger partial charge is 0.251 e. The maximum Gasteiger partial charge on any atom is 0.251 e. The second-order valence-electron chi connectivity index (χ2n) is 6.46. The maximum atomic E-state index is 12.5. The van der Waals surface area contributed by atoms with E-state index in [1.165, 1.54) is 0 Å². The van der Waals surface area contributed by atoms with Gasteiger partial charge in [0.25, 0.3) is 5.91 Å². The topological polar surface area (TPSA) is 53.6 Å². The van der Waals surface area contributed by atoms with E-state index in [1.807, 2.05) is 54.6 Å². The van der Waals surface area contributed by atoms with Gasteiger partial charge in [-0.1, -0.05) is 36.4 Å². The van der Waals surface area contributed by atoms with Crippen molar-refractivity contribution in [2.45, 2.75) is 13.0 Å². The third kappa shape index (κ3) is 5.58. The van der Waals surface area contributed by atoms with E-state index in [0.29, 0.717) is 18.7 Å². The van der Waals surface area contributed by atoms with Crippen LogP contribution in [0.2, 0.25) is 0 Å². The average molecular weight is 353 g/mol. The lowest BCUT2D eigenvalue weighted by molar-refractivity contribution is 0.0948. The third-order valence-corrected chi connectivity index (χ3v) is 4.55. The Morgan fingerprint density at radius 2 is 1.77 bits per heavy atom. The molecule has 0 aliphatic carbocycles. The first kappa shape index (κ1) is 18.4. The van der Waals surface area contributed by atoms with Crippen LogP contribution in [0.4, 0.5) is 0 Å². The van der Waals surface area contributed by atoms with E-state index in [0.717, 1.165) is 50.5 Å². The minimum atomic E-state index is -0.0300. The Kier molecular flexibility index (Phi) is 7.05. The van der Waals surface area contributed by atoms with E-state index in [9.17, 15) is 4.79 Å². The molecule has 5 heteroatoms. The number of ether oxygens (including phenoxy) is 1. The predicted octanol–water partition coefficient (Wildman–Crippen LogP) is 2.29. The van der Waals surface area contributed by atoms with Gasteiger partial charge in [0.05, 0.1) is 0 Å². The summed E-state index contributed by atoms with van der Waals surface area (Å²) >= 11 is 0. The minimum absolute atomic E-state index is 0.0300. The fourth-order valence-electron chi connectivity index (χ4n) is 3.08. The molecule has 2 aromatic carbocycles. The molecule has 1 aliphatic heterocycles. The summed E-state index contributed by atoms with van der Waals surface area (Å²) in [4.78, 5) is 15.0. The lowest BCUT2D eigenvalue weighted by Crippen LogP contribution is -2.44. The van der Waals surface area contributed by atoms with Crippen molar-refractivity contribution in [3.8, 4) is 5.75 Å². The second-order valence-corrected chi connectivity index (χ2v) is 6.46. The quantitative estimate of drug-likeness (QED) is 0.715. The molecule has 1 saturated heterocycles. The standard InChI is InChI=1S/C21H27N3O2/c25-21(23-11-6-14-24-15-12-22-13-16-24)20-10-5-4-7-18(20)17-26-19-8-2-1-3-9-19/h1-5,7-10,22H,6,11-17H2,(H,23,25). The Morgan fingerprint density at radius 1 is 1.04 bits per heavy atom. The van der Waals surface area contributed by atoms with Crippen molar-refractivity contribution < 1.29 is 9.53 Å². The fraction of sp³-hybridized carbons (Fsp3) is 0.381. The molecule has 0 atom stereocenters. The van der Waals surface area contributed by atoms with Crippen molar-refractivity contribution >= 4 is 5.91 Å². The van der Waals surface area contributed by atoms with Crippen molar-refractivity contribution in [1.82, 2.24) is 15.5 Å². The van der Waals surface area contributed by atoms with Gasteiger partial charge in [-0.2, -0.15) is 0 Å². The van der Waals surface area contributed by atoms with E-state index < -0.39 is 0 Å². The molecule has 1 aliphatic rings. The number of hydrogen-bond donors (Lipinski definition) is 2. The molecule has 26 heavy (non-hydrogen) atoms. The summed E-state index contributed by atoms with van der Waals surface area (Å²) in [5.74, 6) is 0.774. The highest BCUT2D eigenvalue weighted by Gasteiger charge is 2.12. The zero-order chi connectivity index (χ0) is 18.0. The number of nitrogens with one attached hydrogen (secondary N) is 2. The summed E-state index contributed by atoms with van der Waals surface area (Å²) in [6, 6.07) is 17.3. The SMILES string of the molecule is O=C(NCCCN1CCNCC1)c1ccccc1COc1ccccc1.